The van der Waals surface area contributed by atoms with E-state index in [1.54, 1.807) is 6.92 Å². The molecule has 10 heteroatoms. The molecule has 0 saturated carbocycles. The summed E-state index contributed by atoms with van der Waals surface area (Å²) < 4.78 is 0. The topological polar surface area (TPSA) is 140 Å². The van der Waals surface area contributed by atoms with Gasteiger partial charge in [0.1, 0.15) is 5.69 Å². The van der Waals surface area contributed by atoms with E-state index in [1.165, 1.54) is 13.0 Å². The number of amides is 1. The van der Waals surface area contributed by atoms with Gasteiger partial charge in [-0.1, -0.05) is 0 Å². The molecule has 21 heavy (non-hydrogen) atoms. The SMILES string of the molecule is CC(=O)NCC(C)=NNc1ccc([N+](=O)[O-])cc1[N+](=O)[O-]. The molecule has 1 rings (SSSR count). The first kappa shape index (κ1) is 16.0. The Kier molecular flexibility index (Phi) is 5.29. The number of non-ortho nitro benzene ring substituents is 1. The van der Waals surface area contributed by atoms with Gasteiger partial charge in [-0.25, -0.2) is 0 Å². The lowest BCUT2D eigenvalue weighted by Crippen LogP contribution is -2.26. The van der Waals surface area contributed by atoms with Gasteiger partial charge in [0.05, 0.1) is 28.2 Å². The van der Waals surface area contributed by atoms with E-state index in [2.05, 4.69) is 15.8 Å². The van der Waals surface area contributed by atoms with Gasteiger partial charge in [-0.2, -0.15) is 5.10 Å². The number of hydrazone groups is 1. The summed E-state index contributed by atoms with van der Waals surface area (Å²) in [4.78, 5) is 30.8. The first-order valence-corrected chi connectivity index (χ1v) is 5.77. The molecule has 0 spiro atoms. The third-order valence-corrected chi connectivity index (χ3v) is 2.35. The fourth-order valence-electron chi connectivity index (χ4n) is 1.33. The third kappa shape index (κ3) is 4.86. The lowest BCUT2D eigenvalue weighted by atomic mass is 10.2. The number of rotatable bonds is 6. The summed E-state index contributed by atoms with van der Waals surface area (Å²) in [6.45, 7) is 3.14. The fourth-order valence-corrected chi connectivity index (χ4v) is 1.33. The maximum atomic E-state index is 10.9. The molecular formula is C11H13N5O5. The monoisotopic (exact) mass is 295 g/mol. The Morgan fingerprint density at radius 1 is 1.24 bits per heavy atom. The van der Waals surface area contributed by atoms with Gasteiger partial charge in [0, 0.05) is 13.0 Å². The zero-order valence-corrected chi connectivity index (χ0v) is 11.3. The van der Waals surface area contributed by atoms with Crippen molar-refractivity contribution in [1.29, 1.82) is 0 Å². The molecule has 0 radical (unpaired) electrons. The maximum absolute atomic E-state index is 10.9. The van der Waals surface area contributed by atoms with Crippen LogP contribution in [0.1, 0.15) is 13.8 Å². The van der Waals surface area contributed by atoms with Gasteiger partial charge in [-0.15, -0.1) is 0 Å². The second-order valence-electron chi connectivity index (χ2n) is 4.08. The predicted octanol–water partition coefficient (Wildman–Crippen LogP) is 1.43. The number of hydrogen-bond donors (Lipinski definition) is 2. The standard InChI is InChI=1S/C11H13N5O5/c1-7(6-12-8(2)17)13-14-10-4-3-9(15(18)19)5-11(10)16(20)21/h3-5,14H,6H2,1-2H3,(H,12,17). The summed E-state index contributed by atoms with van der Waals surface area (Å²) in [5, 5.41) is 27.9. The molecule has 0 saturated heterocycles. The predicted molar refractivity (Wildman–Crippen MR) is 75.2 cm³/mol. The summed E-state index contributed by atoms with van der Waals surface area (Å²) in [7, 11) is 0. The van der Waals surface area contributed by atoms with Crippen molar-refractivity contribution in [3.8, 4) is 0 Å². The van der Waals surface area contributed by atoms with Crippen LogP contribution in [0.15, 0.2) is 23.3 Å². The zero-order valence-electron chi connectivity index (χ0n) is 11.3. The van der Waals surface area contributed by atoms with E-state index in [9.17, 15) is 25.0 Å². The van der Waals surface area contributed by atoms with Crippen LogP contribution in [0.4, 0.5) is 17.1 Å². The van der Waals surface area contributed by atoms with Gasteiger partial charge >= 0.3 is 5.69 Å². The van der Waals surface area contributed by atoms with Gasteiger partial charge in [-0.05, 0) is 13.0 Å². The van der Waals surface area contributed by atoms with Crippen molar-refractivity contribution in [3.63, 3.8) is 0 Å². The molecule has 0 aromatic heterocycles. The zero-order chi connectivity index (χ0) is 16.0. The van der Waals surface area contributed by atoms with Crippen molar-refractivity contribution >= 4 is 28.7 Å². The minimum absolute atomic E-state index is 0.0211. The molecule has 0 bridgehead atoms. The summed E-state index contributed by atoms with van der Waals surface area (Å²) in [5.41, 5.74) is 2.12. The number of carbonyl (C=O) groups is 1. The van der Waals surface area contributed by atoms with Gasteiger partial charge in [0.2, 0.25) is 5.91 Å². The Morgan fingerprint density at radius 2 is 1.90 bits per heavy atom. The van der Waals surface area contributed by atoms with E-state index >= 15 is 0 Å². The summed E-state index contributed by atoms with van der Waals surface area (Å²) in [6.07, 6.45) is 0. The Balaban J connectivity index is 2.92. The number of nitro groups is 2. The Hall–Kier alpha value is -3.04. The van der Waals surface area contributed by atoms with Crippen LogP contribution in [0.2, 0.25) is 0 Å². The van der Waals surface area contributed by atoms with Crippen molar-refractivity contribution in [2.24, 2.45) is 5.10 Å². The van der Waals surface area contributed by atoms with Crippen LogP contribution in [-0.2, 0) is 4.79 Å². The van der Waals surface area contributed by atoms with E-state index in [1.807, 2.05) is 0 Å². The number of hydrogen-bond acceptors (Lipinski definition) is 7. The molecule has 0 aliphatic heterocycles. The molecule has 0 aliphatic rings. The number of nitro benzene ring substituents is 2. The number of anilines is 1. The van der Waals surface area contributed by atoms with E-state index in [0.717, 1.165) is 12.1 Å². The highest BCUT2D eigenvalue weighted by atomic mass is 16.6. The second-order valence-corrected chi connectivity index (χ2v) is 4.08. The molecule has 112 valence electrons. The van der Waals surface area contributed by atoms with Crippen LogP contribution in [0.3, 0.4) is 0 Å². The average molecular weight is 295 g/mol. The number of nitrogens with one attached hydrogen (secondary N) is 2. The van der Waals surface area contributed by atoms with E-state index in [-0.39, 0.29) is 23.8 Å². The van der Waals surface area contributed by atoms with Crippen LogP contribution in [0, 0.1) is 20.2 Å². The number of nitrogens with zero attached hydrogens (tertiary/aromatic N) is 3. The number of carbonyl (C=O) groups excluding carboxylic acids is 1. The first-order chi connectivity index (χ1) is 9.81. The Bertz CT molecular complexity index is 613. The van der Waals surface area contributed by atoms with Gasteiger partial charge in [-0.3, -0.25) is 30.4 Å². The van der Waals surface area contributed by atoms with E-state index < -0.39 is 15.5 Å². The molecule has 0 heterocycles. The lowest BCUT2D eigenvalue weighted by Gasteiger charge is -2.05. The van der Waals surface area contributed by atoms with Crippen LogP contribution in [-0.4, -0.2) is 28.0 Å². The average Bonchev–Trinajstić information content (AvgIpc) is 2.42. The van der Waals surface area contributed by atoms with Gasteiger partial charge in [0.15, 0.2) is 0 Å². The minimum Gasteiger partial charge on any atom is -0.351 e. The smallest absolute Gasteiger partial charge is 0.301 e. The van der Waals surface area contributed by atoms with Crippen molar-refractivity contribution in [1.82, 2.24) is 5.32 Å². The molecule has 2 N–H and O–H groups in total. The molecule has 0 aliphatic carbocycles. The molecule has 0 unspecified atom stereocenters. The van der Waals surface area contributed by atoms with Crippen molar-refractivity contribution in [2.45, 2.75) is 13.8 Å². The molecule has 1 aromatic rings. The Morgan fingerprint density at radius 3 is 2.43 bits per heavy atom. The first-order valence-electron chi connectivity index (χ1n) is 5.77. The highest BCUT2D eigenvalue weighted by molar-refractivity contribution is 5.88. The van der Waals surface area contributed by atoms with E-state index in [4.69, 9.17) is 0 Å². The van der Waals surface area contributed by atoms with Crippen LogP contribution in [0.5, 0.6) is 0 Å². The van der Waals surface area contributed by atoms with E-state index in [0.29, 0.717) is 5.71 Å². The van der Waals surface area contributed by atoms with Crippen molar-refractivity contribution in [2.75, 3.05) is 12.0 Å². The quantitative estimate of drug-likeness (QED) is 0.462. The number of benzene rings is 1. The molecule has 0 atom stereocenters. The largest absolute Gasteiger partial charge is 0.351 e. The summed E-state index contributed by atoms with van der Waals surface area (Å²) in [5.74, 6) is -0.231. The summed E-state index contributed by atoms with van der Waals surface area (Å²) in [6, 6.07) is 3.18. The molecule has 10 nitrogen and oxygen atoms in total. The van der Waals surface area contributed by atoms with Gasteiger partial charge in [0.25, 0.3) is 5.69 Å². The molecule has 0 fully saturated rings. The highest BCUT2D eigenvalue weighted by Gasteiger charge is 2.19. The van der Waals surface area contributed by atoms with Crippen LogP contribution in [0.25, 0.3) is 0 Å². The molecular weight excluding hydrogens is 282 g/mol. The second kappa shape index (κ2) is 6.93. The summed E-state index contributed by atoms with van der Waals surface area (Å²) >= 11 is 0. The highest BCUT2D eigenvalue weighted by Crippen LogP contribution is 2.28. The maximum Gasteiger partial charge on any atom is 0.301 e. The lowest BCUT2D eigenvalue weighted by molar-refractivity contribution is -0.393. The fraction of sp³-hybridized carbons (Fsp3) is 0.273. The van der Waals surface area contributed by atoms with Crippen LogP contribution < -0.4 is 10.7 Å². The van der Waals surface area contributed by atoms with Crippen molar-refractivity contribution in [3.05, 3.63) is 38.4 Å². The normalized spacial score (nSPS) is 10.9. The Labute approximate surface area is 119 Å². The minimum atomic E-state index is -0.742. The molecule has 1 amide bonds. The van der Waals surface area contributed by atoms with Gasteiger partial charge < -0.3 is 5.32 Å². The molecule has 1 aromatic carbocycles. The van der Waals surface area contributed by atoms with Crippen molar-refractivity contribution < 1.29 is 14.6 Å². The third-order valence-electron chi connectivity index (χ3n) is 2.35. The van der Waals surface area contributed by atoms with Crippen LogP contribution >= 0.6 is 0 Å².